The third-order valence-corrected chi connectivity index (χ3v) is 6.28. The van der Waals surface area contributed by atoms with Crippen LogP contribution < -0.4 is 10.5 Å². The van der Waals surface area contributed by atoms with Crippen LogP contribution in [0.25, 0.3) is 0 Å². The summed E-state index contributed by atoms with van der Waals surface area (Å²) >= 11 is 0. The molecule has 2 unspecified atom stereocenters. The average Bonchev–Trinajstić information content (AvgIpc) is 2.89. The number of hydrogen-bond donors (Lipinski definition) is 1. The minimum atomic E-state index is -2.89. The van der Waals surface area contributed by atoms with E-state index in [9.17, 15) is 8.42 Å². The molecular formula is C15H21NO3S. The molecule has 2 N–H and O–H groups in total. The molecule has 0 amide bonds. The van der Waals surface area contributed by atoms with Crippen molar-refractivity contribution in [2.75, 3.05) is 18.1 Å². The summed E-state index contributed by atoms with van der Waals surface area (Å²) in [7, 11) is -2.89. The van der Waals surface area contributed by atoms with Crippen molar-refractivity contribution in [1.29, 1.82) is 0 Å². The van der Waals surface area contributed by atoms with Gasteiger partial charge in [-0.3, -0.25) is 0 Å². The zero-order valence-electron chi connectivity index (χ0n) is 11.9. The first-order valence-corrected chi connectivity index (χ1v) is 8.84. The Morgan fingerprint density at radius 2 is 2.15 bits per heavy atom. The predicted octanol–water partition coefficient (Wildman–Crippen LogP) is 1.79. The normalized spacial score (nSPS) is 27.9. The molecule has 1 fully saturated rings. The first-order valence-electron chi connectivity index (χ1n) is 7.02. The fourth-order valence-corrected chi connectivity index (χ4v) is 4.98. The summed E-state index contributed by atoms with van der Waals surface area (Å²) in [5, 5.41) is 0. The van der Waals surface area contributed by atoms with Gasteiger partial charge in [-0.25, -0.2) is 8.42 Å². The van der Waals surface area contributed by atoms with Crippen LogP contribution in [-0.4, -0.2) is 26.5 Å². The van der Waals surface area contributed by atoms with Crippen LogP contribution in [0, 0.1) is 5.92 Å². The number of benzene rings is 1. The first kappa shape index (κ1) is 13.9. The minimum absolute atomic E-state index is 0.00713. The number of hydrogen-bond acceptors (Lipinski definition) is 4. The molecule has 0 saturated carbocycles. The van der Waals surface area contributed by atoms with Crippen molar-refractivity contribution >= 4 is 9.84 Å². The average molecular weight is 295 g/mol. The lowest BCUT2D eigenvalue weighted by atomic mass is 9.84. The highest BCUT2D eigenvalue weighted by atomic mass is 32.2. The molecule has 0 radical (unpaired) electrons. The first-order chi connectivity index (χ1) is 9.28. The van der Waals surface area contributed by atoms with Gasteiger partial charge in [0.25, 0.3) is 0 Å². The van der Waals surface area contributed by atoms with Gasteiger partial charge in [-0.2, -0.15) is 0 Å². The fourth-order valence-electron chi connectivity index (χ4n) is 3.12. The second-order valence-electron chi connectivity index (χ2n) is 6.62. The van der Waals surface area contributed by atoms with Crippen molar-refractivity contribution in [1.82, 2.24) is 0 Å². The molecule has 0 spiro atoms. The van der Waals surface area contributed by atoms with Crippen LogP contribution in [0.15, 0.2) is 18.2 Å². The molecule has 1 aromatic rings. The van der Waals surface area contributed by atoms with Crippen LogP contribution in [0.4, 0.5) is 0 Å². The van der Waals surface area contributed by atoms with E-state index in [-0.39, 0.29) is 28.9 Å². The van der Waals surface area contributed by atoms with Crippen molar-refractivity contribution in [3.05, 3.63) is 29.3 Å². The number of sulfone groups is 1. The monoisotopic (exact) mass is 295 g/mol. The van der Waals surface area contributed by atoms with Crippen LogP contribution in [0.5, 0.6) is 5.75 Å². The Morgan fingerprint density at radius 1 is 1.40 bits per heavy atom. The molecule has 1 aromatic carbocycles. The van der Waals surface area contributed by atoms with Gasteiger partial charge in [0.15, 0.2) is 9.84 Å². The third-order valence-electron chi connectivity index (χ3n) is 4.48. The van der Waals surface area contributed by atoms with Crippen LogP contribution >= 0.6 is 0 Å². The Morgan fingerprint density at radius 3 is 2.80 bits per heavy atom. The maximum absolute atomic E-state index is 11.6. The Balaban J connectivity index is 1.89. The molecule has 2 aliphatic heterocycles. The molecule has 4 nitrogen and oxygen atoms in total. The largest absolute Gasteiger partial charge is 0.492 e. The lowest BCUT2D eigenvalue weighted by molar-refractivity contribution is 0.291. The highest BCUT2D eigenvalue weighted by molar-refractivity contribution is 7.91. The van der Waals surface area contributed by atoms with Gasteiger partial charge in [-0.1, -0.05) is 19.9 Å². The van der Waals surface area contributed by atoms with E-state index in [2.05, 4.69) is 19.9 Å². The summed E-state index contributed by atoms with van der Waals surface area (Å²) in [5.74, 6) is 1.43. The number of rotatable bonds is 2. The number of nitrogens with two attached hydrogens (primary N) is 1. The summed E-state index contributed by atoms with van der Waals surface area (Å²) in [4.78, 5) is 0. The van der Waals surface area contributed by atoms with Crippen molar-refractivity contribution in [2.45, 2.75) is 31.7 Å². The van der Waals surface area contributed by atoms with E-state index in [0.29, 0.717) is 13.0 Å². The summed E-state index contributed by atoms with van der Waals surface area (Å²) in [6, 6.07) is 5.81. The lowest BCUT2D eigenvalue weighted by Gasteiger charge is -2.21. The predicted molar refractivity (Wildman–Crippen MR) is 78.7 cm³/mol. The Kier molecular flexibility index (Phi) is 3.10. The van der Waals surface area contributed by atoms with Crippen LogP contribution in [0.2, 0.25) is 0 Å². The molecular weight excluding hydrogens is 274 g/mol. The van der Waals surface area contributed by atoms with E-state index in [1.54, 1.807) is 0 Å². The van der Waals surface area contributed by atoms with Gasteiger partial charge >= 0.3 is 0 Å². The SMILES string of the molecule is CC1(C)COc2ccc(C(N)C3CCS(=O)(=O)C3)cc21. The van der Waals surface area contributed by atoms with Gasteiger partial charge in [0.1, 0.15) is 5.75 Å². The third kappa shape index (κ3) is 2.33. The number of fused-ring (bicyclic) bond motifs is 1. The van der Waals surface area contributed by atoms with Crippen LogP contribution in [0.3, 0.4) is 0 Å². The molecule has 1 saturated heterocycles. The second-order valence-corrected chi connectivity index (χ2v) is 8.85. The standard InChI is InChI=1S/C15H21NO3S/c1-15(2)9-19-13-4-3-10(7-12(13)15)14(16)11-5-6-20(17,18)8-11/h3-4,7,11,14H,5-6,8-9,16H2,1-2H3. The fraction of sp³-hybridized carbons (Fsp3) is 0.600. The van der Waals surface area contributed by atoms with Gasteiger partial charge in [0.05, 0.1) is 18.1 Å². The van der Waals surface area contributed by atoms with Crippen LogP contribution in [-0.2, 0) is 15.3 Å². The highest BCUT2D eigenvalue weighted by Gasteiger charge is 2.35. The van der Waals surface area contributed by atoms with E-state index in [1.165, 1.54) is 5.56 Å². The summed E-state index contributed by atoms with van der Waals surface area (Å²) < 4.78 is 28.9. The zero-order chi connectivity index (χ0) is 14.5. The highest BCUT2D eigenvalue weighted by Crippen LogP contribution is 2.40. The van der Waals surface area contributed by atoms with E-state index >= 15 is 0 Å². The Hall–Kier alpha value is -1.07. The zero-order valence-corrected chi connectivity index (χ0v) is 12.7. The van der Waals surface area contributed by atoms with Gasteiger partial charge in [-0.05, 0) is 30.0 Å². The van der Waals surface area contributed by atoms with Crippen molar-refractivity contribution in [3.8, 4) is 5.75 Å². The van der Waals surface area contributed by atoms with Gasteiger partial charge < -0.3 is 10.5 Å². The van der Waals surface area contributed by atoms with Crippen molar-refractivity contribution in [2.24, 2.45) is 11.7 Å². The molecule has 0 aromatic heterocycles. The van der Waals surface area contributed by atoms with E-state index in [1.807, 2.05) is 12.1 Å². The Bertz CT molecular complexity index is 637. The smallest absolute Gasteiger partial charge is 0.150 e. The molecule has 3 rings (SSSR count). The van der Waals surface area contributed by atoms with E-state index in [0.717, 1.165) is 11.3 Å². The van der Waals surface area contributed by atoms with E-state index in [4.69, 9.17) is 10.5 Å². The minimum Gasteiger partial charge on any atom is -0.492 e. The van der Waals surface area contributed by atoms with Crippen LogP contribution in [0.1, 0.15) is 37.4 Å². The molecule has 0 bridgehead atoms. The summed E-state index contributed by atoms with van der Waals surface area (Å²) in [5.41, 5.74) is 8.48. The van der Waals surface area contributed by atoms with Gasteiger partial charge in [-0.15, -0.1) is 0 Å². The van der Waals surface area contributed by atoms with E-state index < -0.39 is 9.84 Å². The summed E-state index contributed by atoms with van der Waals surface area (Å²) in [6.45, 7) is 4.97. The topological polar surface area (TPSA) is 69.4 Å². The number of ether oxygens (including phenoxy) is 1. The molecule has 5 heteroatoms. The van der Waals surface area contributed by atoms with Gasteiger partial charge in [0.2, 0.25) is 0 Å². The lowest BCUT2D eigenvalue weighted by Crippen LogP contribution is -2.23. The summed E-state index contributed by atoms with van der Waals surface area (Å²) in [6.07, 6.45) is 0.667. The second kappa shape index (κ2) is 4.46. The molecule has 20 heavy (non-hydrogen) atoms. The molecule has 2 aliphatic rings. The quantitative estimate of drug-likeness (QED) is 0.903. The molecule has 110 valence electrons. The maximum atomic E-state index is 11.6. The van der Waals surface area contributed by atoms with Gasteiger partial charge in [0, 0.05) is 17.0 Å². The van der Waals surface area contributed by atoms with Crippen molar-refractivity contribution in [3.63, 3.8) is 0 Å². The van der Waals surface area contributed by atoms with Crippen molar-refractivity contribution < 1.29 is 13.2 Å². The molecule has 0 aliphatic carbocycles. The Labute approximate surface area is 120 Å². The maximum Gasteiger partial charge on any atom is 0.150 e. The molecule has 2 heterocycles. The molecule has 2 atom stereocenters.